The summed E-state index contributed by atoms with van der Waals surface area (Å²) in [5.41, 5.74) is 0. The van der Waals surface area contributed by atoms with E-state index in [1.54, 1.807) is 0 Å². The van der Waals surface area contributed by atoms with E-state index < -0.39 is 0 Å². The lowest BCUT2D eigenvalue weighted by atomic mass is 9.94. The van der Waals surface area contributed by atoms with Gasteiger partial charge in [0.15, 0.2) is 0 Å². The average molecular weight is 316 g/mol. The van der Waals surface area contributed by atoms with Crippen LogP contribution in [0.15, 0.2) is 12.1 Å². The Balaban J connectivity index is 1.81. The van der Waals surface area contributed by atoms with Crippen molar-refractivity contribution in [1.29, 1.82) is 0 Å². The Bertz CT molecular complexity index is 340. The SMILES string of the molecule is CCc1ccc(CN2CCC(C(C)Br)CC2)s1. The van der Waals surface area contributed by atoms with Crippen molar-refractivity contribution in [3.63, 3.8) is 0 Å². The van der Waals surface area contributed by atoms with E-state index >= 15 is 0 Å². The van der Waals surface area contributed by atoms with Crippen molar-refractivity contribution in [2.75, 3.05) is 13.1 Å². The maximum absolute atomic E-state index is 3.72. The Hall–Kier alpha value is 0.140. The smallest absolute Gasteiger partial charge is 0.0328 e. The Kier molecular flexibility index (Phi) is 5.07. The van der Waals surface area contributed by atoms with Gasteiger partial charge in [-0.3, -0.25) is 4.90 Å². The standard InChI is InChI=1S/C14H22BrNS/c1-3-13-4-5-14(17-13)10-16-8-6-12(7-9-16)11(2)15/h4-5,11-12H,3,6-10H2,1-2H3. The largest absolute Gasteiger partial charge is 0.298 e. The third-order valence-corrected chi connectivity index (χ3v) is 5.69. The van der Waals surface area contributed by atoms with Gasteiger partial charge in [-0.1, -0.05) is 29.8 Å². The van der Waals surface area contributed by atoms with Gasteiger partial charge in [0, 0.05) is 21.1 Å². The number of alkyl halides is 1. The zero-order valence-corrected chi connectivity index (χ0v) is 13.2. The monoisotopic (exact) mass is 315 g/mol. The molecule has 1 unspecified atom stereocenters. The number of halogens is 1. The summed E-state index contributed by atoms with van der Waals surface area (Å²) in [6, 6.07) is 4.59. The minimum absolute atomic E-state index is 0.679. The fourth-order valence-corrected chi connectivity index (χ4v) is 4.02. The number of aryl methyl sites for hydroxylation is 1. The second-order valence-electron chi connectivity index (χ2n) is 5.01. The molecule has 1 fully saturated rings. The zero-order chi connectivity index (χ0) is 12.3. The summed E-state index contributed by atoms with van der Waals surface area (Å²) < 4.78 is 0. The molecular weight excluding hydrogens is 294 g/mol. The molecule has 0 radical (unpaired) electrons. The van der Waals surface area contributed by atoms with Crippen molar-refractivity contribution >= 4 is 27.3 Å². The van der Waals surface area contributed by atoms with E-state index in [9.17, 15) is 0 Å². The van der Waals surface area contributed by atoms with Gasteiger partial charge < -0.3 is 0 Å². The highest BCUT2D eigenvalue weighted by Crippen LogP contribution is 2.27. The van der Waals surface area contributed by atoms with Crippen molar-refractivity contribution in [3.05, 3.63) is 21.9 Å². The second-order valence-corrected chi connectivity index (χ2v) is 7.71. The van der Waals surface area contributed by atoms with Crippen molar-refractivity contribution in [2.45, 2.75) is 44.5 Å². The number of piperidine rings is 1. The lowest BCUT2D eigenvalue weighted by Gasteiger charge is -2.32. The van der Waals surface area contributed by atoms with Crippen molar-refractivity contribution < 1.29 is 0 Å². The Morgan fingerprint density at radius 2 is 2.00 bits per heavy atom. The van der Waals surface area contributed by atoms with Crippen LogP contribution in [0.2, 0.25) is 0 Å². The van der Waals surface area contributed by atoms with Crippen molar-refractivity contribution in [3.8, 4) is 0 Å². The number of hydrogen-bond acceptors (Lipinski definition) is 2. The summed E-state index contributed by atoms with van der Waals surface area (Å²) in [6.45, 7) is 8.21. The summed E-state index contributed by atoms with van der Waals surface area (Å²) in [7, 11) is 0. The molecule has 0 bridgehead atoms. The molecule has 1 saturated heterocycles. The zero-order valence-electron chi connectivity index (χ0n) is 10.8. The first kappa shape index (κ1) is 13.6. The van der Waals surface area contributed by atoms with Gasteiger partial charge >= 0.3 is 0 Å². The predicted octanol–water partition coefficient (Wildman–Crippen LogP) is 4.31. The molecule has 0 aromatic carbocycles. The molecule has 0 amide bonds. The highest BCUT2D eigenvalue weighted by molar-refractivity contribution is 9.09. The van der Waals surface area contributed by atoms with Crippen LogP contribution in [0.4, 0.5) is 0 Å². The third kappa shape index (κ3) is 3.80. The Morgan fingerprint density at radius 3 is 2.53 bits per heavy atom. The fourth-order valence-electron chi connectivity index (χ4n) is 2.49. The van der Waals surface area contributed by atoms with Crippen LogP contribution in [-0.4, -0.2) is 22.8 Å². The van der Waals surface area contributed by atoms with E-state index in [0.717, 1.165) is 12.5 Å². The van der Waals surface area contributed by atoms with Crippen molar-refractivity contribution in [2.24, 2.45) is 5.92 Å². The Labute approximate surface area is 117 Å². The number of likely N-dealkylation sites (tertiary alicyclic amines) is 1. The minimum atomic E-state index is 0.679. The number of hydrogen-bond donors (Lipinski definition) is 0. The van der Waals surface area contributed by atoms with Crippen LogP contribution in [0, 0.1) is 5.92 Å². The van der Waals surface area contributed by atoms with Gasteiger partial charge in [-0.15, -0.1) is 11.3 Å². The highest BCUT2D eigenvalue weighted by atomic mass is 79.9. The highest BCUT2D eigenvalue weighted by Gasteiger charge is 2.22. The lowest BCUT2D eigenvalue weighted by Crippen LogP contribution is -2.35. The molecule has 0 aliphatic carbocycles. The first-order valence-corrected chi connectivity index (χ1v) is 8.36. The summed E-state index contributed by atoms with van der Waals surface area (Å²) in [6.07, 6.45) is 3.87. The van der Waals surface area contributed by atoms with E-state index in [1.165, 1.54) is 42.1 Å². The summed E-state index contributed by atoms with van der Waals surface area (Å²) in [5.74, 6) is 0.876. The van der Waals surface area contributed by atoms with Gasteiger partial charge in [-0.05, 0) is 50.4 Å². The number of rotatable bonds is 4. The molecule has 0 N–H and O–H groups in total. The van der Waals surface area contributed by atoms with E-state index in [1.807, 2.05) is 11.3 Å². The summed E-state index contributed by atoms with van der Waals surface area (Å²) >= 11 is 5.70. The first-order valence-electron chi connectivity index (χ1n) is 6.63. The van der Waals surface area contributed by atoms with Crippen molar-refractivity contribution in [1.82, 2.24) is 4.90 Å². The molecule has 1 aliphatic rings. The number of nitrogens with zero attached hydrogens (tertiary/aromatic N) is 1. The molecule has 1 aromatic heterocycles. The molecule has 1 atom stereocenters. The lowest BCUT2D eigenvalue weighted by molar-refractivity contribution is 0.179. The summed E-state index contributed by atoms with van der Waals surface area (Å²) in [4.78, 5) is 6.34. The van der Waals surface area contributed by atoms with Gasteiger partial charge in [0.25, 0.3) is 0 Å². The molecule has 1 nitrogen and oxygen atoms in total. The van der Waals surface area contributed by atoms with E-state index in [4.69, 9.17) is 0 Å². The predicted molar refractivity (Wildman–Crippen MR) is 80.1 cm³/mol. The molecule has 2 rings (SSSR count). The quantitative estimate of drug-likeness (QED) is 0.748. The van der Waals surface area contributed by atoms with Crippen LogP contribution in [0.5, 0.6) is 0 Å². The van der Waals surface area contributed by atoms with E-state index in [-0.39, 0.29) is 0 Å². The molecule has 96 valence electrons. The third-order valence-electron chi connectivity index (χ3n) is 3.73. The molecule has 17 heavy (non-hydrogen) atoms. The molecule has 2 heterocycles. The van der Waals surface area contributed by atoms with Gasteiger partial charge in [0.05, 0.1) is 0 Å². The minimum Gasteiger partial charge on any atom is -0.298 e. The molecule has 1 aromatic rings. The van der Waals surface area contributed by atoms with E-state index in [2.05, 4.69) is 46.8 Å². The molecule has 0 spiro atoms. The van der Waals surface area contributed by atoms with Crippen LogP contribution >= 0.6 is 27.3 Å². The Morgan fingerprint density at radius 1 is 1.35 bits per heavy atom. The topological polar surface area (TPSA) is 3.24 Å². The fraction of sp³-hybridized carbons (Fsp3) is 0.714. The molecule has 0 saturated carbocycles. The van der Waals surface area contributed by atoms with Crippen LogP contribution in [0.25, 0.3) is 0 Å². The van der Waals surface area contributed by atoms with Gasteiger partial charge in [0.2, 0.25) is 0 Å². The van der Waals surface area contributed by atoms with Crippen LogP contribution in [-0.2, 0) is 13.0 Å². The second kappa shape index (κ2) is 6.35. The maximum atomic E-state index is 3.72. The maximum Gasteiger partial charge on any atom is 0.0328 e. The summed E-state index contributed by atoms with van der Waals surface area (Å²) in [5, 5.41) is 0. The normalized spacial score (nSPS) is 20.6. The molecule has 1 aliphatic heterocycles. The van der Waals surface area contributed by atoms with Gasteiger partial charge in [0.1, 0.15) is 0 Å². The molecule has 3 heteroatoms. The van der Waals surface area contributed by atoms with E-state index in [0.29, 0.717) is 4.83 Å². The average Bonchev–Trinajstić information content (AvgIpc) is 2.77. The molecular formula is C14H22BrNS. The van der Waals surface area contributed by atoms with Gasteiger partial charge in [-0.2, -0.15) is 0 Å². The van der Waals surface area contributed by atoms with Gasteiger partial charge in [-0.25, -0.2) is 0 Å². The first-order chi connectivity index (χ1) is 8.19. The van der Waals surface area contributed by atoms with Crippen LogP contribution in [0.3, 0.4) is 0 Å². The van der Waals surface area contributed by atoms with Crippen LogP contribution in [0.1, 0.15) is 36.4 Å². The number of thiophene rings is 1. The van der Waals surface area contributed by atoms with Crippen LogP contribution < -0.4 is 0 Å².